The van der Waals surface area contributed by atoms with Gasteiger partial charge in [0, 0.05) is 12.7 Å². The number of carbonyl (C=O) groups is 1. The van der Waals surface area contributed by atoms with E-state index in [2.05, 4.69) is 22.9 Å². The van der Waals surface area contributed by atoms with Crippen molar-refractivity contribution in [1.29, 1.82) is 0 Å². The van der Waals surface area contributed by atoms with Gasteiger partial charge in [0.2, 0.25) is 0 Å². The quantitative estimate of drug-likeness (QED) is 0.548. The van der Waals surface area contributed by atoms with Crippen LogP contribution < -0.4 is 4.74 Å². The van der Waals surface area contributed by atoms with Crippen LogP contribution in [-0.4, -0.2) is 30.9 Å². The number of halogens is 1. The number of aliphatic carboxylic acids is 1. The molecule has 1 aromatic carbocycles. The van der Waals surface area contributed by atoms with Gasteiger partial charge in [-0.3, -0.25) is 0 Å². The Kier molecular flexibility index (Phi) is 7.99. The first-order valence-corrected chi connectivity index (χ1v) is 7.34. The number of unbranched alkanes of at least 4 members (excludes halogenated alkanes) is 1. The van der Waals surface area contributed by atoms with E-state index in [-0.39, 0.29) is 0 Å². The predicted molar refractivity (Wildman–Crippen MR) is 82.0 cm³/mol. The zero-order valence-electron chi connectivity index (χ0n) is 11.5. The van der Waals surface area contributed by atoms with Gasteiger partial charge in [-0.25, -0.2) is 4.79 Å². The normalized spacial score (nSPS) is 10.9. The molecule has 0 aliphatic heterocycles. The highest BCUT2D eigenvalue weighted by molar-refractivity contribution is 9.10. The second kappa shape index (κ2) is 9.55. The van der Waals surface area contributed by atoms with Crippen LogP contribution in [0, 0.1) is 0 Å². The van der Waals surface area contributed by atoms with Gasteiger partial charge in [0.25, 0.3) is 0 Å². The van der Waals surface area contributed by atoms with E-state index >= 15 is 0 Å². The fourth-order valence-corrected chi connectivity index (χ4v) is 1.98. The average molecular weight is 343 g/mol. The molecule has 0 fully saturated rings. The molecule has 0 bridgehead atoms. The maximum atomic E-state index is 10.4. The van der Waals surface area contributed by atoms with Crippen molar-refractivity contribution in [2.24, 2.45) is 0 Å². The maximum absolute atomic E-state index is 10.4. The molecule has 1 rings (SSSR count). The summed E-state index contributed by atoms with van der Waals surface area (Å²) in [5.41, 5.74) is 0.797. The molecule has 0 atom stereocenters. The Morgan fingerprint density at radius 2 is 2.15 bits per heavy atom. The van der Waals surface area contributed by atoms with Gasteiger partial charge >= 0.3 is 5.97 Å². The Hall–Kier alpha value is -1.33. The van der Waals surface area contributed by atoms with Crippen LogP contribution >= 0.6 is 15.9 Å². The lowest BCUT2D eigenvalue weighted by molar-refractivity contribution is -0.131. The molecule has 0 radical (unpaired) electrons. The molecule has 0 saturated heterocycles. The van der Waals surface area contributed by atoms with Crippen LogP contribution in [0.3, 0.4) is 0 Å². The Morgan fingerprint density at radius 3 is 2.80 bits per heavy atom. The van der Waals surface area contributed by atoms with E-state index in [1.54, 1.807) is 12.1 Å². The topological polar surface area (TPSA) is 55.8 Å². The number of carboxylic acids is 1. The summed E-state index contributed by atoms with van der Waals surface area (Å²) in [6.07, 6.45) is 4.82. The van der Waals surface area contributed by atoms with Crippen LogP contribution in [0.5, 0.6) is 5.75 Å². The third-order valence-electron chi connectivity index (χ3n) is 2.50. The van der Waals surface area contributed by atoms with Crippen LogP contribution in [0.25, 0.3) is 6.08 Å². The molecule has 0 spiro atoms. The Labute approximate surface area is 127 Å². The smallest absolute Gasteiger partial charge is 0.328 e. The summed E-state index contributed by atoms with van der Waals surface area (Å²) in [5.74, 6) is -0.248. The minimum Gasteiger partial charge on any atom is -0.490 e. The number of ether oxygens (including phenoxy) is 2. The summed E-state index contributed by atoms with van der Waals surface area (Å²) in [7, 11) is 0. The lowest BCUT2D eigenvalue weighted by Gasteiger charge is -2.09. The van der Waals surface area contributed by atoms with Crippen molar-refractivity contribution in [3.8, 4) is 5.75 Å². The maximum Gasteiger partial charge on any atom is 0.328 e. The van der Waals surface area contributed by atoms with Gasteiger partial charge in [0.05, 0.1) is 11.1 Å². The molecule has 110 valence electrons. The molecule has 0 heterocycles. The zero-order valence-corrected chi connectivity index (χ0v) is 13.1. The molecule has 1 aromatic rings. The number of carboxylic acid groups (broad SMARTS) is 1. The van der Waals surface area contributed by atoms with Gasteiger partial charge < -0.3 is 14.6 Å². The van der Waals surface area contributed by atoms with Gasteiger partial charge in [-0.1, -0.05) is 19.4 Å². The Morgan fingerprint density at radius 1 is 1.35 bits per heavy atom. The summed E-state index contributed by atoms with van der Waals surface area (Å²) in [5, 5.41) is 8.57. The summed E-state index contributed by atoms with van der Waals surface area (Å²) in [6, 6.07) is 5.42. The van der Waals surface area contributed by atoms with Crippen LogP contribution in [-0.2, 0) is 9.53 Å². The van der Waals surface area contributed by atoms with Crippen LogP contribution in [0.15, 0.2) is 28.7 Å². The van der Waals surface area contributed by atoms with Crippen molar-refractivity contribution in [1.82, 2.24) is 0 Å². The van der Waals surface area contributed by atoms with Crippen molar-refractivity contribution < 1.29 is 19.4 Å². The molecule has 5 heteroatoms. The second-order valence-corrected chi connectivity index (χ2v) is 5.03. The summed E-state index contributed by atoms with van der Waals surface area (Å²) in [6.45, 7) is 3.94. The Bertz CT molecular complexity index is 457. The van der Waals surface area contributed by atoms with Gasteiger partial charge in [-0.05, 0) is 46.1 Å². The molecular weight excluding hydrogens is 324 g/mol. The van der Waals surface area contributed by atoms with Crippen LogP contribution in [0.1, 0.15) is 25.3 Å². The highest BCUT2D eigenvalue weighted by Crippen LogP contribution is 2.26. The number of rotatable bonds is 9. The highest BCUT2D eigenvalue weighted by Gasteiger charge is 2.02. The standard InChI is InChI=1S/C15H19BrO4/c1-2-3-8-19-9-10-20-14-6-4-12(11-13(14)16)5-7-15(17)18/h4-7,11H,2-3,8-10H2,1H3,(H,17,18). The van der Waals surface area contributed by atoms with Gasteiger partial charge in [-0.15, -0.1) is 0 Å². The van der Waals surface area contributed by atoms with E-state index < -0.39 is 5.97 Å². The minimum atomic E-state index is -0.967. The van der Waals surface area contributed by atoms with Crippen molar-refractivity contribution >= 4 is 28.0 Å². The third kappa shape index (κ3) is 6.73. The summed E-state index contributed by atoms with van der Waals surface area (Å²) in [4.78, 5) is 10.4. The molecule has 0 saturated carbocycles. The SMILES string of the molecule is CCCCOCCOc1ccc(C=CC(=O)O)cc1Br. The summed E-state index contributed by atoms with van der Waals surface area (Å²) < 4.78 is 11.8. The van der Waals surface area contributed by atoms with E-state index in [1.165, 1.54) is 6.08 Å². The van der Waals surface area contributed by atoms with Gasteiger partial charge in [0.15, 0.2) is 0 Å². The minimum absolute atomic E-state index is 0.493. The largest absolute Gasteiger partial charge is 0.490 e. The first kappa shape index (κ1) is 16.7. The fraction of sp³-hybridized carbons (Fsp3) is 0.400. The molecule has 0 aliphatic rings. The first-order chi connectivity index (χ1) is 9.63. The molecular formula is C15H19BrO4. The monoisotopic (exact) mass is 342 g/mol. The Balaban J connectivity index is 2.42. The molecule has 0 amide bonds. The van der Waals surface area contributed by atoms with Crippen molar-refractivity contribution in [3.05, 3.63) is 34.3 Å². The van der Waals surface area contributed by atoms with Crippen molar-refractivity contribution in [2.75, 3.05) is 19.8 Å². The lowest BCUT2D eigenvalue weighted by Crippen LogP contribution is -2.07. The van der Waals surface area contributed by atoms with E-state index in [0.717, 1.165) is 41.3 Å². The van der Waals surface area contributed by atoms with Gasteiger partial charge in [0.1, 0.15) is 12.4 Å². The molecule has 0 unspecified atom stereocenters. The van der Waals surface area contributed by atoms with E-state index in [4.69, 9.17) is 14.6 Å². The number of benzene rings is 1. The molecule has 1 N–H and O–H groups in total. The molecule has 4 nitrogen and oxygen atoms in total. The van der Waals surface area contributed by atoms with E-state index in [9.17, 15) is 4.79 Å². The summed E-state index contributed by atoms with van der Waals surface area (Å²) >= 11 is 3.40. The molecule has 0 aromatic heterocycles. The predicted octanol–water partition coefficient (Wildman–Crippen LogP) is 3.74. The van der Waals surface area contributed by atoms with E-state index in [0.29, 0.717) is 13.2 Å². The number of hydrogen-bond acceptors (Lipinski definition) is 3. The third-order valence-corrected chi connectivity index (χ3v) is 3.12. The lowest BCUT2D eigenvalue weighted by atomic mass is 10.2. The molecule has 20 heavy (non-hydrogen) atoms. The average Bonchev–Trinajstić information content (AvgIpc) is 2.42. The van der Waals surface area contributed by atoms with E-state index in [1.807, 2.05) is 6.07 Å². The molecule has 0 aliphatic carbocycles. The zero-order chi connectivity index (χ0) is 14.8. The van der Waals surface area contributed by atoms with Gasteiger partial charge in [-0.2, -0.15) is 0 Å². The van der Waals surface area contributed by atoms with Crippen molar-refractivity contribution in [3.63, 3.8) is 0 Å². The fourth-order valence-electron chi connectivity index (χ4n) is 1.46. The van der Waals surface area contributed by atoms with Crippen molar-refractivity contribution in [2.45, 2.75) is 19.8 Å². The first-order valence-electron chi connectivity index (χ1n) is 6.54. The highest BCUT2D eigenvalue weighted by atomic mass is 79.9. The second-order valence-electron chi connectivity index (χ2n) is 4.18. The number of hydrogen-bond donors (Lipinski definition) is 1. The van der Waals surface area contributed by atoms with Crippen LogP contribution in [0.4, 0.5) is 0 Å². The van der Waals surface area contributed by atoms with Crippen LogP contribution in [0.2, 0.25) is 0 Å².